The van der Waals surface area contributed by atoms with Crippen molar-refractivity contribution in [3.05, 3.63) is 64.6 Å². The van der Waals surface area contributed by atoms with Crippen LogP contribution in [0.15, 0.2) is 59.1 Å². The minimum atomic E-state index is -0.392. The number of nitrogens with zero attached hydrogens (tertiary/aromatic N) is 2. The van der Waals surface area contributed by atoms with E-state index in [-0.39, 0.29) is 18.2 Å². The molecule has 0 bridgehead atoms. The highest BCUT2D eigenvalue weighted by atomic mass is 79.9. The predicted molar refractivity (Wildman–Crippen MR) is 121 cm³/mol. The second-order valence-electron chi connectivity index (χ2n) is 7.61. The number of carbonyl (C=O) groups is 2. The van der Waals surface area contributed by atoms with Gasteiger partial charge in [-0.3, -0.25) is 14.5 Å². The quantitative estimate of drug-likeness (QED) is 0.578. The Balaban J connectivity index is 1.43. The first-order valence-corrected chi connectivity index (χ1v) is 11.1. The number of amides is 2. The van der Waals surface area contributed by atoms with Gasteiger partial charge in [-0.2, -0.15) is 0 Å². The Hall–Kier alpha value is -2.44. The number of benzene rings is 2. The summed E-state index contributed by atoms with van der Waals surface area (Å²) < 4.78 is 6.65. The fraction of sp³-hybridized carbons (Fsp3) is 0.333. The van der Waals surface area contributed by atoms with E-state index in [4.69, 9.17) is 4.74 Å². The molecule has 0 N–H and O–H groups in total. The van der Waals surface area contributed by atoms with Gasteiger partial charge in [-0.05, 0) is 60.4 Å². The lowest BCUT2D eigenvalue weighted by atomic mass is 9.98. The maximum atomic E-state index is 13.1. The lowest BCUT2D eigenvalue weighted by molar-refractivity contribution is -0.122. The number of anilines is 1. The van der Waals surface area contributed by atoms with E-state index in [1.54, 1.807) is 12.1 Å². The van der Waals surface area contributed by atoms with Crippen molar-refractivity contribution in [2.45, 2.75) is 32.2 Å². The maximum absolute atomic E-state index is 13.1. The third kappa shape index (κ3) is 4.35. The van der Waals surface area contributed by atoms with Crippen LogP contribution in [0.25, 0.3) is 5.57 Å². The van der Waals surface area contributed by atoms with Gasteiger partial charge in [0.05, 0.1) is 24.8 Å². The maximum Gasteiger partial charge on any atom is 0.251 e. The van der Waals surface area contributed by atoms with Crippen molar-refractivity contribution in [2.75, 3.05) is 24.6 Å². The van der Waals surface area contributed by atoms with Crippen LogP contribution in [0.3, 0.4) is 0 Å². The van der Waals surface area contributed by atoms with Gasteiger partial charge in [-0.25, -0.2) is 4.90 Å². The summed E-state index contributed by atoms with van der Waals surface area (Å²) in [6.07, 6.45) is 4.20. The van der Waals surface area contributed by atoms with Crippen molar-refractivity contribution >= 4 is 39.0 Å². The molecule has 2 aromatic carbocycles. The summed E-state index contributed by atoms with van der Waals surface area (Å²) in [5.41, 5.74) is 3.10. The molecule has 2 aromatic rings. The van der Waals surface area contributed by atoms with E-state index in [9.17, 15) is 9.59 Å². The van der Waals surface area contributed by atoms with E-state index < -0.39 is 6.04 Å². The van der Waals surface area contributed by atoms with E-state index in [1.807, 2.05) is 31.2 Å². The fourth-order valence-corrected chi connectivity index (χ4v) is 4.24. The summed E-state index contributed by atoms with van der Waals surface area (Å²) in [5, 5.41) is 0. The zero-order valence-corrected chi connectivity index (χ0v) is 18.6. The van der Waals surface area contributed by atoms with Crippen LogP contribution in [0.1, 0.15) is 31.7 Å². The number of carbonyl (C=O) groups excluding carboxylic acids is 2. The number of imide groups is 1. The first kappa shape index (κ1) is 20.8. The Kier molecular flexibility index (Phi) is 6.35. The number of hydrogen-bond donors (Lipinski definition) is 0. The van der Waals surface area contributed by atoms with Crippen LogP contribution in [0.4, 0.5) is 5.69 Å². The van der Waals surface area contributed by atoms with Gasteiger partial charge in [0.2, 0.25) is 5.91 Å². The standard InChI is InChI=1S/C24H25BrN2O3/c1-2-15-30-21-9-7-20(8-10-21)27-23(28)16-22(24(27)29)26-13-11-18(12-14-26)17-3-5-19(25)6-4-17/h3-11,22H,2,12-16H2,1H3/t22-/m0/s1. The van der Waals surface area contributed by atoms with E-state index in [0.29, 0.717) is 18.8 Å². The summed E-state index contributed by atoms with van der Waals surface area (Å²) in [6.45, 7) is 4.14. The number of ether oxygens (including phenoxy) is 1. The molecule has 0 saturated carbocycles. The van der Waals surface area contributed by atoms with E-state index in [0.717, 1.165) is 29.6 Å². The Morgan fingerprint density at radius 3 is 2.43 bits per heavy atom. The molecule has 2 aliphatic rings. The average molecular weight is 469 g/mol. The van der Waals surface area contributed by atoms with Crippen LogP contribution in [0.5, 0.6) is 5.75 Å². The summed E-state index contributed by atoms with van der Waals surface area (Å²) in [5.74, 6) is 0.468. The van der Waals surface area contributed by atoms with Gasteiger partial charge in [0.25, 0.3) is 5.91 Å². The number of rotatable bonds is 6. The largest absolute Gasteiger partial charge is 0.494 e. The van der Waals surface area contributed by atoms with Crippen molar-refractivity contribution < 1.29 is 14.3 Å². The van der Waals surface area contributed by atoms with Crippen LogP contribution in [-0.4, -0.2) is 42.5 Å². The molecule has 6 heteroatoms. The molecule has 2 aliphatic heterocycles. The highest BCUT2D eigenvalue weighted by Crippen LogP contribution is 2.30. The number of hydrogen-bond acceptors (Lipinski definition) is 4. The van der Waals surface area contributed by atoms with Gasteiger partial charge in [-0.15, -0.1) is 0 Å². The third-order valence-corrected chi connectivity index (χ3v) is 6.12. The molecule has 4 rings (SSSR count). The van der Waals surface area contributed by atoms with Crippen molar-refractivity contribution in [3.63, 3.8) is 0 Å². The minimum absolute atomic E-state index is 0.136. The molecule has 30 heavy (non-hydrogen) atoms. The summed E-state index contributed by atoms with van der Waals surface area (Å²) >= 11 is 3.47. The van der Waals surface area contributed by atoms with Crippen LogP contribution in [-0.2, 0) is 9.59 Å². The molecule has 156 valence electrons. The Morgan fingerprint density at radius 1 is 1.07 bits per heavy atom. The van der Waals surface area contributed by atoms with Gasteiger partial charge < -0.3 is 4.74 Å². The monoisotopic (exact) mass is 468 g/mol. The molecule has 1 atom stereocenters. The zero-order chi connectivity index (χ0) is 21.1. The molecule has 0 aliphatic carbocycles. The van der Waals surface area contributed by atoms with Gasteiger partial charge in [0, 0.05) is 17.6 Å². The molecule has 0 spiro atoms. The first-order chi connectivity index (χ1) is 14.6. The fourth-order valence-electron chi connectivity index (χ4n) is 3.98. The second-order valence-corrected chi connectivity index (χ2v) is 8.53. The van der Waals surface area contributed by atoms with Crippen LogP contribution >= 0.6 is 15.9 Å². The normalized spacial score (nSPS) is 19.9. The smallest absolute Gasteiger partial charge is 0.251 e. The molecule has 0 aromatic heterocycles. The molecule has 2 amide bonds. The van der Waals surface area contributed by atoms with Crippen molar-refractivity contribution in [1.82, 2.24) is 4.90 Å². The third-order valence-electron chi connectivity index (χ3n) is 5.59. The summed E-state index contributed by atoms with van der Waals surface area (Å²) in [4.78, 5) is 29.1. The SMILES string of the molecule is CCCOc1ccc(N2C(=O)C[C@H](N3CC=C(c4ccc(Br)cc4)CC3)C2=O)cc1. The zero-order valence-electron chi connectivity index (χ0n) is 17.0. The van der Waals surface area contributed by atoms with Crippen LogP contribution in [0.2, 0.25) is 0 Å². The molecule has 2 heterocycles. The molecule has 1 fully saturated rings. The molecule has 5 nitrogen and oxygen atoms in total. The summed E-state index contributed by atoms with van der Waals surface area (Å²) in [7, 11) is 0. The number of halogens is 1. The molecule has 1 saturated heterocycles. The Labute approximate surface area is 185 Å². The molecular weight excluding hydrogens is 444 g/mol. The predicted octanol–water partition coefficient (Wildman–Crippen LogP) is 4.66. The highest BCUT2D eigenvalue weighted by molar-refractivity contribution is 9.10. The lowest BCUT2D eigenvalue weighted by Gasteiger charge is -2.30. The lowest BCUT2D eigenvalue weighted by Crippen LogP contribution is -2.44. The van der Waals surface area contributed by atoms with E-state index >= 15 is 0 Å². The van der Waals surface area contributed by atoms with Crippen LogP contribution < -0.4 is 9.64 Å². The molecular formula is C24H25BrN2O3. The van der Waals surface area contributed by atoms with Crippen molar-refractivity contribution in [2.24, 2.45) is 0 Å². The highest BCUT2D eigenvalue weighted by Gasteiger charge is 2.42. The van der Waals surface area contributed by atoms with Gasteiger partial charge >= 0.3 is 0 Å². The second kappa shape index (κ2) is 9.14. The van der Waals surface area contributed by atoms with Crippen molar-refractivity contribution in [1.29, 1.82) is 0 Å². The Bertz CT molecular complexity index is 953. The first-order valence-electron chi connectivity index (χ1n) is 10.4. The van der Waals surface area contributed by atoms with Gasteiger partial charge in [0.1, 0.15) is 5.75 Å². The molecule has 0 radical (unpaired) electrons. The average Bonchev–Trinajstić information content (AvgIpc) is 3.07. The van der Waals surface area contributed by atoms with Gasteiger partial charge in [-0.1, -0.05) is 41.1 Å². The Morgan fingerprint density at radius 2 is 1.80 bits per heavy atom. The minimum Gasteiger partial charge on any atom is -0.494 e. The topological polar surface area (TPSA) is 49.9 Å². The van der Waals surface area contributed by atoms with Crippen molar-refractivity contribution in [3.8, 4) is 5.75 Å². The molecule has 0 unspecified atom stereocenters. The van der Waals surface area contributed by atoms with Crippen LogP contribution in [0, 0.1) is 0 Å². The van der Waals surface area contributed by atoms with E-state index in [2.05, 4.69) is 39.0 Å². The summed E-state index contributed by atoms with van der Waals surface area (Å²) in [6, 6.07) is 15.1. The van der Waals surface area contributed by atoms with E-state index in [1.165, 1.54) is 16.0 Å². The van der Waals surface area contributed by atoms with Gasteiger partial charge in [0.15, 0.2) is 0 Å².